The van der Waals surface area contributed by atoms with Crippen molar-refractivity contribution in [2.24, 2.45) is 0 Å². The number of aromatic nitrogens is 1. The third-order valence-electron chi connectivity index (χ3n) is 4.70. The molecule has 1 N–H and O–H groups in total. The van der Waals surface area contributed by atoms with E-state index in [2.05, 4.69) is 27.3 Å². The molecule has 1 fully saturated rings. The van der Waals surface area contributed by atoms with Crippen molar-refractivity contribution in [2.45, 2.75) is 6.54 Å². The van der Waals surface area contributed by atoms with E-state index in [9.17, 15) is 4.79 Å². The Morgan fingerprint density at radius 2 is 1.63 bits per heavy atom. The molecule has 138 valence electrons. The molecule has 0 saturated carbocycles. The first kappa shape index (κ1) is 17.5. The summed E-state index contributed by atoms with van der Waals surface area (Å²) in [7, 11) is 0. The van der Waals surface area contributed by atoms with E-state index in [1.165, 1.54) is 5.69 Å². The molecular weight excluding hydrogens is 356 g/mol. The predicted molar refractivity (Wildman–Crippen MR) is 110 cm³/mol. The Bertz CT molecular complexity index is 873. The highest BCUT2D eigenvalue weighted by molar-refractivity contribution is 7.09. The van der Waals surface area contributed by atoms with Crippen LogP contribution >= 0.6 is 11.3 Å². The first-order chi connectivity index (χ1) is 13.3. The van der Waals surface area contributed by atoms with E-state index in [4.69, 9.17) is 0 Å². The van der Waals surface area contributed by atoms with E-state index in [-0.39, 0.29) is 6.03 Å². The number of hydrogen-bond acceptors (Lipinski definition) is 4. The molecule has 2 amide bonds. The highest BCUT2D eigenvalue weighted by Crippen LogP contribution is 2.21. The van der Waals surface area contributed by atoms with Crippen LogP contribution in [0.2, 0.25) is 0 Å². The number of anilines is 1. The highest BCUT2D eigenvalue weighted by Gasteiger charge is 2.21. The Labute approximate surface area is 163 Å². The minimum atomic E-state index is -0.0147. The lowest BCUT2D eigenvalue weighted by Gasteiger charge is -2.36. The van der Waals surface area contributed by atoms with Gasteiger partial charge in [0.2, 0.25) is 0 Å². The summed E-state index contributed by atoms with van der Waals surface area (Å²) in [5, 5.41) is 5.96. The molecule has 0 bridgehead atoms. The van der Waals surface area contributed by atoms with Gasteiger partial charge in [-0.05, 0) is 12.1 Å². The average molecular weight is 379 g/mol. The fourth-order valence-corrected chi connectivity index (χ4v) is 3.95. The Balaban J connectivity index is 1.27. The van der Waals surface area contributed by atoms with E-state index in [0.29, 0.717) is 6.54 Å². The maximum absolute atomic E-state index is 12.5. The maximum atomic E-state index is 12.5. The van der Waals surface area contributed by atoms with Gasteiger partial charge in [0.15, 0.2) is 0 Å². The molecule has 0 spiro atoms. The normalized spacial score (nSPS) is 14.2. The van der Waals surface area contributed by atoms with Crippen LogP contribution < -0.4 is 10.2 Å². The standard InChI is InChI=1S/C21H22N4OS/c26-21(25-13-11-24(12-14-25)18-9-5-2-6-10-18)22-15-20-23-19(16-27-20)17-7-3-1-4-8-17/h1-10,16H,11-15H2,(H,22,26). The van der Waals surface area contributed by atoms with E-state index < -0.39 is 0 Å². The number of piperazine rings is 1. The van der Waals surface area contributed by atoms with Crippen molar-refractivity contribution in [1.82, 2.24) is 15.2 Å². The van der Waals surface area contributed by atoms with Crippen LogP contribution in [0.15, 0.2) is 66.0 Å². The zero-order chi connectivity index (χ0) is 18.5. The molecule has 2 aromatic carbocycles. The van der Waals surface area contributed by atoms with Crippen LogP contribution in [-0.4, -0.2) is 42.1 Å². The van der Waals surface area contributed by atoms with Gasteiger partial charge in [-0.25, -0.2) is 9.78 Å². The molecule has 0 atom stereocenters. The molecule has 1 aromatic heterocycles. The second-order valence-corrected chi connectivity index (χ2v) is 7.40. The van der Waals surface area contributed by atoms with Gasteiger partial charge in [-0.2, -0.15) is 0 Å². The minimum Gasteiger partial charge on any atom is -0.368 e. The predicted octanol–water partition coefficient (Wildman–Crippen LogP) is 3.84. The number of benzene rings is 2. The van der Waals surface area contributed by atoms with Gasteiger partial charge in [0.1, 0.15) is 5.01 Å². The van der Waals surface area contributed by atoms with Crippen molar-refractivity contribution in [3.8, 4) is 11.3 Å². The first-order valence-corrected chi connectivity index (χ1v) is 10.0. The molecule has 1 aliphatic rings. The van der Waals surface area contributed by atoms with Crippen molar-refractivity contribution < 1.29 is 4.79 Å². The van der Waals surface area contributed by atoms with Crippen molar-refractivity contribution in [3.63, 3.8) is 0 Å². The van der Waals surface area contributed by atoms with Crippen LogP contribution in [0.5, 0.6) is 0 Å². The average Bonchev–Trinajstić information content (AvgIpc) is 3.22. The molecule has 0 radical (unpaired) electrons. The van der Waals surface area contributed by atoms with Gasteiger partial charge in [0.25, 0.3) is 0 Å². The fourth-order valence-electron chi connectivity index (χ4n) is 3.20. The van der Waals surface area contributed by atoms with Crippen LogP contribution in [0.1, 0.15) is 5.01 Å². The largest absolute Gasteiger partial charge is 0.368 e. The molecule has 1 aliphatic heterocycles. The number of carbonyl (C=O) groups is 1. The van der Waals surface area contributed by atoms with Crippen LogP contribution in [0.25, 0.3) is 11.3 Å². The number of rotatable bonds is 4. The van der Waals surface area contributed by atoms with Crippen LogP contribution in [0.4, 0.5) is 10.5 Å². The van der Waals surface area contributed by atoms with Gasteiger partial charge in [-0.1, -0.05) is 48.5 Å². The molecule has 2 heterocycles. The number of thiazole rings is 1. The Kier molecular flexibility index (Phi) is 5.34. The SMILES string of the molecule is O=C(NCc1nc(-c2ccccc2)cs1)N1CCN(c2ccccc2)CC1. The summed E-state index contributed by atoms with van der Waals surface area (Å²) in [6.07, 6.45) is 0. The summed E-state index contributed by atoms with van der Waals surface area (Å²) in [5.74, 6) is 0. The van der Waals surface area contributed by atoms with Gasteiger partial charge in [-0.3, -0.25) is 0 Å². The molecule has 0 unspecified atom stereocenters. The van der Waals surface area contributed by atoms with E-state index in [1.54, 1.807) is 11.3 Å². The lowest BCUT2D eigenvalue weighted by Crippen LogP contribution is -2.51. The molecule has 6 heteroatoms. The molecule has 4 rings (SSSR count). The molecule has 0 aliphatic carbocycles. The van der Waals surface area contributed by atoms with E-state index in [0.717, 1.165) is 42.4 Å². The number of nitrogens with zero attached hydrogens (tertiary/aromatic N) is 3. The van der Waals surface area contributed by atoms with Crippen LogP contribution in [-0.2, 0) is 6.54 Å². The summed E-state index contributed by atoms with van der Waals surface area (Å²) < 4.78 is 0. The van der Waals surface area contributed by atoms with E-state index >= 15 is 0 Å². The summed E-state index contributed by atoms with van der Waals surface area (Å²) in [5.41, 5.74) is 3.28. The summed E-state index contributed by atoms with van der Waals surface area (Å²) >= 11 is 1.58. The topological polar surface area (TPSA) is 48.5 Å². The van der Waals surface area contributed by atoms with Crippen molar-refractivity contribution in [1.29, 1.82) is 0 Å². The number of hydrogen-bond donors (Lipinski definition) is 1. The lowest BCUT2D eigenvalue weighted by atomic mass is 10.2. The number of urea groups is 1. The van der Waals surface area contributed by atoms with Gasteiger partial charge in [0.05, 0.1) is 12.2 Å². The molecule has 3 aromatic rings. The van der Waals surface area contributed by atoms with Gasteiger partial charge < -0.3 is 15.1 Å². The third kappa shape index (κ3) is 4.28. The summed E-state index contributed by atoms with van der Waals surface area (Å²) in [4.78, 5) is 21.3. The van der Waals surface area contributed by atoms with Crippen molar-refractivity contribution in [2.75, 3.05) is 31.1 Å². The van der Waals surface area contributed by atoms with Crippen molar-refractivity contribution in [3.05, 3.63) is 71.1 Å². The number of amides is 2. The zero-order valence-corrected chi connectivity index (χ0v) is 15.9. The second kappa shape index (κ2) is 8.22. The zero-order valence-electron chi connectivity index (χ0n) is 15.0. The Morgan fingerprint density at radius 1 is 0.963 bits per heavy atom. The number of carbonyl (C=O) groups excluding carboxylic acids is 1. The third-order valence-corrected chi connectivity index (χ3v) is 5.55. The molecule has 27 heavy (non-hydrogen) atoms. The van der Waals surface area contributed by atoms with Crippen LogP contribution in [0, 0.1) is 0 Å². The quantitative estimate of drug-likeness (QED) is 0.750. The van der Waals surface area contributed by atoms with Gasteiger partial charge in [0, 0.05) is 42.8 Å². The highest BCUT2D eigenvalue weighted by atomic mass is 32.1. The Morgan fingerprint density at radius 3 is 2.33 bits per heavy atom. The fraction of sp³-hybridized carbons (Fsp3) is 0.238. The second-order valence-electron chi connectivity index (χ2n) is 6.46. The Hall–Kier alpha value is -2.86. The van der Waals surface area contributed by atoms with Crippen molar-refractivity contribution >= 4 is 23.1 Å². The number of nitrogens with one attached hydrogen (secondary N) is 1. The number of para-hydroxylation sites is 1. The molecule has 5 nitrogen and oxygen atoms in total. The smallest absolute Gasteiger partial charge is 0.317 e. The monoisotopic (exact) mass is 378 g/mol. The van der Waals surface area contributed by atoms with Crippen LogP contribution in [0.3, 0.4) is 0 Å². The first-order valence-electron chi connectivity index (χ1n) is 9.12. The summed E-state index contributed by atoms with van der Waals surface area (Å²) in [6.45, 7) is 3.64. The lowest BCUT2D eigenvalue weighted by molar-refractivity contribution is 0.194. The van der Waals surface area contributed by atoms with Gasteiger partial charge in [-0.15, -0.1) is 11.3 Å². The maximum Gasteiger partial charge on any atom is 0.317 e. The minimum absolute atomic E-state index is 0.0147. The molecule has 1 saturated heterocycles. The van der Waals surface area contributed by atoms with Gasteiger partial charge >= 0.3 is 6.03 Å². The molecular formula is C21H22N4OS. The summed E-state index contributed by atoms with van der Waals surface area (Å²) in [6, 6.07) is 20.4. The van der Waals surface area contributed by atoms with E-state index in [1.807, 2.05) is 58.8 Å².